The molecule has 10 heteroatoms. The molecule has 0 spiro atoms. The molecular weight excluding hydrogens is 571 g/mol. The maximum Gasteiger partial charge on any atom is 0.301 e. The standard InChI is InChI=1S/C33H31FN2O6S/c1-17(2)11-12-41-25-10-5-19(15-26(25)40-4)29-28(30(37)20-6-9-24-21(14-20)13-18(3)42-24)31(38)32(39)36(29)33-35-23-8-7-22(34)16-27(23)43-33/h5-10,14-18,29,37H,11-13H2,1-4H3/t18-,29-/m0/s1. The lowest BCUT2D eigenvalue weighted by atomic mass is 9.94. The first-order chi connectivity index (χ1) is 20.6. The molecule has 0 saturated carbocycles. The number of nitrogens with zero attached hydrogens (tertiary/aromatic N) is 2. The van der Waals surface area contributed by atoms with Gasteiger partial charge in [0.05, 0.1) is 35.5 Å². The molecule has 0 bridgehead atoms. The topological polar surface area (TPSA) is 98.2 Å². The Balaban J connectivity index is 1.49. The molecule has 43 heavy (non-hydrogen) atoms. The number of aromatic nitrogens is 1. The summed E-state index contributed by atoms with van der Waals surface area (Å²) in [7, 11) is 1.51. The van der Waals surface area contributed by atoms with Crippen LogP contribution in [0, 0.1) is 11.7 Å². The number of benzene rings is 3. The van der Waals surface area contributed by atoms with Crippen LogP contribution in [0.5, 0.6) is 17.2 Å². The first kappa shape index (κ1) is 28.7. The number of halogens is 1. The highest BCUT2D eigenvalue weighted by Crippen LogP contribution is 2.46. The van der Waals surface area contributed by atoms with Crippen molar-refractivity contribution in [3.63, 3.8) is 0 Å². The minimum absolute atomic E-state index is 0.00409. The summed E-state index contributed by atoms with van der Waals surface area (Å²) in [6.45, 7) is 6.67. The Morgan fingerprint density at radius 2 is 1.95 bits per heavy atom. The fourth-order valence-corrected chi connectivity index (χ4v) is 6.45. The molecule has 3 heterocycles. The fourth-order valence-electron chi connectivity index (χ4n) is 5.44. The molecule has 6 rings (SSSR count). The maximum atomic E-state index is 14.0. The summed E-state index contributed by atoms with van der Waals surface area (Å²) in [5, 5.41) is 11.9. The number of amides is 1. The van der Waals surface area contributed by atoms with Crippen molar-refractivity contribution in [2.24, 2.45) is 5.92 Å². The third-order valence-electron chi connectivity index (χ3n) is 7.62. The Hall–Kier alpha value is -4.44. The van der Waals surface area contributed by atoms with E-state index in [2.05, 4.69) is 18.8 Å². The van der Waals surface area contributed by atoms with Gasteiger partial charge in [-0.05, 0) is 78.9 Å². The molecule has 1 fully saturated rings. The molecule has 4 aromatic rings. The van der Waals surface area contributed by atoms with Crippen LogP contribution in [-0.2, 0) is 16.0 Å². The van der Waals surface area contributed by atoms with E-state index in [1.165, 1.54) is 30.2 Å². The van der Waals surface area contributed by atoms with Gasteiger partial charge in [-0.3, -0.25) is 14.5 Å². The molecule has 1 saturated heterocycles. The van der Waals surface area contributed by atoms with Crippen molar-refractivity contribution < 1.29 is 33.3 Å². The fraction of sp³-hybridized carbons (Fsp3) is 0.303. The SMILES string of the molecule is COc1cc([C@H]2C(=C(O)c3ccc4c(c3)C[C@H](C)O4)C(=O)C(=O)N2c2nc3ccc(F)cc3s2)ccc1OCCC(C)C. The molecular formula is C33H31FN2O6S. The molecule has 1 aromatic heterocycles. The molecule has 2 aliphatic rings. The third kappa shape index (κ3) is 5.31. The van der Waals surface area contributed by atoms with Crippen molar-refractivity contribution in [3.05, 3.63) is 82.7 Å². The smallest absolute Gasteiger partial charge is 0.301 e. The monoisotopic (exact) mass is 602 g/mol. The number of hydrogen-bond acceptors (Lipinski definition) is 8. The Bertz CT molecular complexity index is 1780. The Morgan fingerprint density at radius 3 is 2.72 bits per heavy atom. The van der Waals surface area contributed by atoms with Gasteiger partial charge in [0.1, 0.15) is 23.4 Å². The Morgan fingerprint density at radius 1 is 1.14 bits per heavy atom. The average molecular weight is 603 g/mol. The number of anilines is 1. The number of thiazole rings is 1. The van der Waals surface area contributed by atoms with Crippen LogP contribution in [0.25, 0.3) is 16.0 Å². The summed E-state index contributed by atoms with van der Waals surface area (Å²) in [6.07, 6.45) is 1.51. The minimum atomic E-state index is -1.03. The van der Waals surface area contributed by atoms with E-state index in [9.17, 15) is 19.1 Å². The van der Waals surface area contributed by atoms with Crippen molar-refractivity contribution in [1.82, 2.24) is 4.98 Å². The van der Waals surface area contributed by atoms with Crippen LogP contribution in [-0.4, -0.2) is 41.6 Å². The van der Waals surface area contributed by atoms with E-state index < -0.39 is 23.5 Å². The lowest BCUT2D eigenvalue weighted by Crippen LogP contribution is -2.29. The number of hydrogen-bond donors (Lipinski definition) is 1. The van der Waals surface area contributed by atoms with Gasteiger partial charge in [-0.15, -0.1) is 0 Å². The number of carbonyl (C=O) groups excluding carboxylic acids is 2. The van der Waals surface area contributed by atoms with Crippen LogP contribution in [0.4, 0.5) is 9.52 Å². The largest absolute Gasteiger partial charge is 0.507 e. The first-order valence-electron chi connectivity index (χ1n) is 14.1. The molecule has 1 amide bonds. The number of ether oxygens (including phenoxy) is 3. The highest BCUT2D eigenvalue weighted by Gasteiger charge is 2.48. The second kappa shape index (κ2) is 11.3. The second-order valence-electron chi connectivity index (χ2n) is 11.2. The number of fused-ring (bicyclic) bond motifs is 2. The molecule has 0 aliphatic carbocycles. The normalized spacial score (nSPS) is 19.3. The van der Waals surface area contributed by atoms with Crippen LogP contribution in [0.3, 0.4) is 0 Å². The molecule has 3 aromatic carbocycles. The first-order valence-corrected chi connectivity index (χ1v) is 14.9. The lowest BCUT2D eigenvalue weighted by molar-refractivity contribution is -0.132. The van der Waals surface area contributed by atoms with Crippen LogP contribution in [0.15, 0.2) is 60.2 Å². The predicted octanol–water partition coefficient (Wildman–Crippen LogP) is 6.82. The molecule has 0 unspecified atom stereocenters. The summed E-state index contributed by atoms with van der Waals surface area (Å²) >= 11 is 1.09. The number of rotatable bonds is 8. The highest BCUT2D eigenvalue weighted by atomic mass is 32.1. The summed E-state index contributed by atoms with van der Waals surface area (Å²) < 4.78 is 31.9. The van der Waals surface area contributed by atoms with Gasteiger partial charge in [0.2, 0.25) is 0 Å². The Labute approximate surface area is 252 Å². The maximum absolute atomic E-state index is 14.0. The van der Waals surface area contributed by atoms with Crippen LogP contribution in [0.1, 0.15) is 49.9 Å². The van der Waals surface area contributed by atoms with E-state index in [0.29, 0.717) is 51.8 Å². The van der Waals surface area contributed by atoms with Gasteiger partial charge in [-0.2, -0.15) is 0 Å². The van der Waals surface area contributed by atoms with Gasteiger partial charge < -0.3 is 19.3 Å². The summed E-state index contributed by atoms with van der Waals surface area (Å²) in [5.74, 6) is -0.323. The lowest BCUT2D eigenvalue weighted by Gasteiger charge is -2.24. The molecule has 2 atom stereocenters. The predicted molar refractivity (Wildman–Crippen MR) is 163 cm³/mol. The van der Waals surface area contributed by atoms with Gasteiger partial charge in [0.15, 0.2) is 16.6 Å². The number of Topliss-reactive ketones (excluding diaryl/α,β-unsaturated/α-hetero) is 1. The van der Waals surface area contributed by atoms with Gasteiger partial charge in [0.25, 0.3) is 5.78 Å². The number of ketones is 1. The Kier molecular flexibility index (Phi) is 7.56. The second-order valence-corrected chi connectivity index (χ2v) is 12.2. The van der Waals surface area contributed by atoms with Gasteiger partial charge in [-0.25, -0.2) is 9.37 Å². The van der Waals surface area contributed by atoms with Crippen molar-refractivity contribution in [2.45, 2.75) is 45.8 Å². The van der Waals surface area contributed by atoms with E-state index in [1.807, 2.05) is 6.92 Å². The molecule has 2 aliphatic heterocycles. The average Bonchev–Trinajstić information content (AvgIpc) is 3.64. The number of aliphatic hydroxyl groups excluding tert-OH is 1. The minimum Gasteiger partial charge on any atom is -0.507 e. The van der Waals surface area contributed by atoms with Gasteiger partial charge >= 0.3 is 5.91 Å². The van der Waals surface area contributed by atoms with Crippen molar-refractivity contribution in [3.8, 4) is 17.2 Å². The zero-order valence-corrected chi connectivity index (χ0v) is 25.0. The van der Waals surface area contributed by atoms with Crippen LogP contribution >= 0.6 is 11.3 Å². The molecule has 1 N–H and O–H groups in total. The summed E-state index contributed by atoms with van der Waals surface area (Å²) in [5.41, 5.74) is 2.21. The summed E-state index contributed by atoms with van der Waals surface area (Å²) in [6, 6.07) is 13.5. The van der Waals surface area contributed by atoms with Gasteiger partial charge in [0, 0.05) is 12.0 Å². The van der Waals surface area contributed by atoms with E-state index in [4.69, 9.17) is 14.2 Å². The van der Waals surface area contributed by atoms with Crippen molar-refractivity contribution in [2.75, 3.05) is 18.6 Å². The van der Waals surface area contributed by atoms with Crippen molar-refractivity contribution >= 4 is 44.1 Å². The third-order valence-corrected chi connectivity index (χ3v) is 8.63. The van der Waals surface area contributed by atoms with E-state index in [1.54, 1.807) is 36.4 Å². The molecule has 222 valence electrons. The zero-order chi connectivity index (χ0) is 30.4. The zero-order valence-electron chi connectivity index (χ0n) is 24.2. The van der Waals surface area contributed by atoms with E-state index >= 15 is 0 Å². The number of aliphatic hydroxyl groups is 1. The van der Waals surface area contributed by atoms with E-state index in [-0.39, 0.29) is 22.6 Å². The quantitative estimate of drug-likeness (QED) is 0.134. The molecule has 8 nitrogen and oxygen atoms in total. The molecule has 0 radical (unpaired) electrons. The van der Waals surface area contributed by atoms with E-state index in [0.717, 1.165) is 29.1 Å². The summed E-state index contributed by atoms with van der Waals surface area (Å²) in [4.78, 5) is 33.2. The number of methoxy groups -OCH3 is 1. The number of carbonyl (C=O) groups is 2. The highest BCUT2D eigenvalue weighted by molar-refractivity contribution is 7.22. The van der Waals surface area contributed by atoms with Crippen LogP contribution in [0.2, 0.25) is 0 Å². The van der Waals surface area contributed by atoms with Crippen LogP contribution < -0.4 is 19.1 Å². The van der Waals surface area contributed by atoms with Gasteiger partial charge in [-0.1, -0.05) is 31.3 Å². The van der Waals surface area contributed by atoms with Crippen molar-refractivity contribution in [1.29, 1.82) is 0 Å².